The highest BCUT2D eigenvalue weighted by atomic mass is 35.5. The fourth-order valence-corrected chi connectivity index (χ4v) is 2.76. The Morgan fingerprint density at radius 3 is 2.42 bits per heavy atom. The van der Waals surface area contributed by atoms with E-state index in [1.54, 1.807) is 0 Å². The van der Waals surface area contributed by atoms with Crippen LogP contribution >= 0.6 is 23.2 Å². The molecule has 8 heteroatoms. The second-order valence-electron chi connectivity index (χ2n) is 3.65. The van der Waals surface area contributed by atoms with Crippen LogP contribution in [0.1, 0.15) is 0 Å². The number of anilines is 2. The van der Waals surface area contributed by atoms with Gasteiger partial charge in [0, 0.05) is 0 Å². The van der Waals surface area contributed by atoms with Crippen LogP contribution in [-0.4, -0.2) is 13.4 Å². The third kappa shape index (κ3) is 3.28. The van der Waals surface area contributed by atoms with Crippen LogP contribution in [0.15, 0.2) is 41.4 Å². The summed E-state index contributed by atoms with van der Waals surface area (Å²) in [6.45, 7) is 0. The molecule has 0 aliphatic carbocycles. The Kier molecular flexibility index (Phi) is 3.84. The average Bonchev–Trinajstić information content (AvgIpc) is 2.35. The van der Waals surface area contributed by atoms with Crippen LogP contribution < -0.4 is 10.5 Å². The fraction of sp³-hybridized carbons (Fsp3) is 0. The molecule has 0 amide bonds. The summed E-state index contributed by atoms with van der Waals surface area (Å²) in [7, 11) is -3.74. The zero-order chi connectivity index (χ0) is 14.0. The molecule has 0 fully saturated rings. The van der Waals surface area contributed by atoms with Crippen molar-refractivity contribution in [2.75, 3.05) is 10.5 Å². The van der Waals surface area contributed by atoms with Crippen molar-refractivity contribution in [3.63, 3.8) is 0 Å². The number of pyridine rings is 1. The second-order valence-corrected chi connectivity index (χ2v) is 6.15. The van der Waals surface area contributed by atoms with Gasteiger partial charge in [-0.25, -0.2) is 13.4 Å². The molecule has 0 saturated carbocycles. The fourth-order valence-electron chi connectivity index (χ4n) is 1.32. The Hall–Kier alpha value is -1.50. The van der Waals surface area contributed by atoms with E-state index in [4.69, 9.17) is 28.9 Å². The lowest BCUT2D eigenvalue weighted by Crippen LogP contribution is -2.13. The van der Waals surface area contributed by atoms with E-state index in [-0.39, 0.29) is 14.9 Å². The van der Waals surface area contributed by atoms with Crippen LogP contribution in [0, 0.1) is 0 Å². The normalized spacial score (nSPS) is 11.3. The molecule has 0 spiro atoms. The van der Waals surface area contributed by atoms with E-state index in [0.717, 1.165) is 0 Å². The standard InChI is InChI=1S/C11H9Cl2N3O2S/c12-9-3-2-8(5-10(9)13)19(17,18)16-7-1-4-11(14)15-6-7/h1-6,16H,(H2,14,15). The number of nitrogen functional groups attached to an aromatic ring is 1. The Balaban J connectivity index is 2.32. The van der Waals surface area contributed by atoms with Gasteiger partial charge in [-0.05, 0) is 30.3 Å². The molecule has 2 rings (SSSR count). The first-order valence-corrected chi connectivity index (χ1v) is 7.32. The van der Waals surface area contributed by atoms with Crippen molar-refractivity contribution < 1.29 is 8.42 Å². The number of hydrogen-bond donors (Lipinski definition) is 2. The molecule has 0 unspecified atom stereocenters. The van der Waals surface area contributed by atoms with Gasteiger partial charge in [-0.15, -0.1) is 0 Å². The van der Waals surface area contributed by atoms with Gasteiger partial charge in [0.05, 0.1) is 26.8 Å². The van der Waals surface area contributed by atoms with Crippen LogP contribution in [-0.2, 0) is 10.0 Å². The third-order valence-electron chi connectivity index (χ3n) is 2.24. The number of sulfonamides is 1. The SMILES string of the molecule is Nc1ccc(NS(=O)(=O)c2ccc(Cl)c(Cl)c2)cn1. The van der Waals surface area contributed by atoms with Gasteiger partial charge < -0.3 is 5.73 Å². The lowest BCUT2D eigenvalue weighted by molar-refractivity contribution is 0.601. The molecule has 0 bridgehead atoms. The molecule has 5 nitrogen and oxygen atoms in total. The summed E-state index contributed by atoms with van der Waals surface area (Å²) in [5.41, 5.74) is 5.72. The van der Waals surface area contributed by atoms with Gasteiger partial charge in [-0.3, -0.25) is 4.72 Å². The molecule has 19 heavy (non-hydrogen) atoms. The maximum atomic E-state index is 12.1. The van der Waals surface area contributed by atoms with E-state index < -0.39 is 10.0 Å². The van der Waals surface area contributed by atoms with E-state index in [0.29, 0.717) is 11.5 Å². The number of rotatable bonds is 3. The molecule has 3 N–H and O–H groups in total. The van der Waals surface area contributed by atoms with Gasteiger partial charge in [-0.1, -0.05) is 23.2 Å². The Bertz CT molecular complexity index is 702. The summed E-state index contributed by atoms with van der Waals surface area (Å²) in [6, 6.07) is 7.06. The topological polar surface area (TPSA) is 85.1 Å². The first-order valence-electron chi connectivity index (χ1n) is 5.08. The van der Waals surface area contributed by atoms with Crippen molar-refractivity contribution in [1.82, 2.24) is 4.98 Å². The lowest BCUT2D eigenvalue weighted by atomic mass is 10.4. The van der Waals surface area contributed by atoms with Gasteiger partial charge >= 0.3 is 0 Å². The third-order valence-corrected chi connectivity index (χ3v) is 4.36. The minimum atomic E-state index is -3.74. The van der Waals surface area contributed by atoms with E-state index in [2.05, 4.69) is 9.71 Å². The van der Waals surface area contributed by atoms with Crippen molar-refractivity contribution >= 4 is 44.7 Å². The number of nitrogens with zero attached hydrogens (tertiary/aromatic N) is 1. The van der Waals surface area contributed by atoms with Crippen molar-refractivity contribution in [3.8, 4) is 0 Å². The summed E-state index contributed by atoms with van der Waals surface area (Å²) in [5.74, 6) is 0.303. The quantitative estimate of drug-likeness (QED) is 0.911. The van der Waals surface area contributed by atoms with Crippen LogP contribution in [0.4, 0.5) is 11.5 Å². The van der Waals surface area contributed by atoms with Crippen LogP contribution in [0.2, 0.25) is 10.0 Å². The molecule has 100 valence electrons. The molecule has 1 heterocycles. The summed E-state index contributed by atoms with van der Waals surface area (Å²) in [5, 5.41) is 0.453. The Morgan fingerprint density at radius 2 is 1.84 bits per heavy atom. The molecule has 1 aromatic carbocycles. The largest absolute Gasteiger partial charge is 0.384 e. The maximum Gasteiger partial charge on any atom is 0.261 e. The van der Waals surface area contributed by atoms with Crippen molar-refractivity contribution in [2.24, 2.45) is 0 Å². The Labute approximate surface area is 120 Å². The van der Waals surface area contributed by atoms with Crippen molar-refractivity contribution in [1.29, 1.82) is 0 Å². The van der Waals surface area contributed by atoms with Crippen LogP contribution in [0.3, 0.4) is 0 Å². The number of nitrogens with two attached hydrogens (primary N) is 1. The van der Waals surface area contributed by atoms with Gasteiger partial charge in [0.25, 0.3) is 10.0 Å². The molecule has 0 radical (unpaired) electrons. The smallest absolute Gasteiger partial charge is 0.261 e. The van der Waals surface area contributed by atoms with Crippen LogP contribution in [0.25, 0.3) is 0 Å². The van der Waals surface area contributed by atoms with E-state index >= 15 is 0 Å². The molecule has 1 aromatic heterocycles. The molecule has 0 aliphatic rings. The van der Waals surface area contributed by atoms with Crippen LogP contribution in [0.5, 0.6) is 0 Å². The number of hydrogen-bond acceptors (Lipinski definition) is 4. The van der Waals surface area contributed by atoms with Crippen molar-refractivity contribution in [3.05, 3.63) is 46.6 Å². The molecule has 0 atom stereocenters. The number of halogens is 2. The molecular formula is C11H9Cl2N3O2S. The number of aromatic nitrogens is 1. The van der Waals surface area contributed by atoms with Gasteiger partial charge in [0.1, 0.15) is 5.82 Å². The zero-order valence-electron chi connectivity index (χ0n) is 9.47. The summed E-state index contributed by atoms with van der Waals surface area (Å²) < 4.78 is 26.5. The monoisotopic (exact) mass is 317 g/mol. The van der Waals surface area contributed by atoms with Gasteiger partial charge in [0.15, 0.2) is 0 Å². The average molecular weight is 318 g/mol. The minimum absolute atomic E-state index is 0.0127. The summed E-state index contributed by atoms with van der Waals surface area (Å²) in [4.78, 5) is 3.80. The van der Waals surface area contributed by atoms with Gasteiger partial charge in [0.2, 0.25) is 0 Å². The molecule has 0 saturated heterocycles. The summed E-state index contributed by atoms with van der Waals surface area (Å²) >= 11 is 11.5. The summed E-state index contributed by atoms with van der Waals surface area (Å²) in [6.07, 6.45) is 1.32. The maximum absolute atomic E-state index is 12.1. The lowest BCUT2D eigenvalue weighted by Gasteiger charge is -2.08. The van der Waals surface area contributed by atoms with E-state index in [1.165, 1.54) is 36.5 Å². The number of benzene rings is 1. The second kappa shape index (κ2) is 5.24. The van der Waals surface area contributed by atoms with E-state index in [1.807, 2.05) is 0 Å². The minimum Gasteiger partial charge on any atom is -0.384 e. The zero-order valence-corrected chi connectivity index (χ0v) is 11.8. The molecular weight excluding hydrogens is 309 g/mol. The predicted molar refractivity (Wildman–Crippen MR) is 75.9 cm³/mol. The predicted octanol–water partition coefficient (Wildman–Crippen LogP) is 2.77. The first kappa shape index (κ1) is 13.9. The van der Waals surface area contributed by atoms with Crippen molar-refractivity contribution in [2.45, 2.75) is 4.90 Å². The highest BCUT2D eigenvalue weighted by molar-refractivity contribution is 7.92. The van der Waals surface area contributed by atoms with Gasteiger partial charge in [-0.2, -0.15) is 0 Å². The van der Waals surface area contributed by atoms with E-state index in [9.17, 15) is 8.42 Å². The molecule has 2 aromatic rings. The highest BCUT2D eigenvalue weighted by Gasteiger charge is 2.15. The highest BCUT2D eigenvalue weighted by Crippen LogP contribution is 2.25. The Morgan fingerprint density at radius 1 is 1.11 bits per heavy atom. The molecule has 0 aliphatic heterocycles. The first-order chi connectivity index (χ1) is 8.88. The number of nitrogens with one attached hydrogen (secondary N) is 1.